The molecule has 0 fully saturated rings. The van der Waals surface area contributed by atoms with E-state index in [1.54, 1.807) is 18.7 Å². The summed E-state index contributed by atoms with van der Waals surface area (Å²) >= 11 is 2.97. The van der Waals surface area contributed by atoms with Gasteiger partial charge in [-0.1, -0.05) is 36.1 Å². The number of nitrogens with zero attached hydrogens (tertiary/aromatic N) is 2. The monoisotopic (exact) mass is 337 g/mol. The minimum Gasteiger partial charge on any atom is -0.481 e. The lowest BCUT2D eigenvalue weighted by atomic mass is 10.1. The van der Waals surface area contributed by atoms with Gasteiger partial charge in [-0.15, -0.1) is 10.2 Å². The summed E-state index contributed by atoms with van der Waals surface area (Å²) in [4.78, 5) is 12.1. The number of hydrogen-bond acceptors (Lipinski definition) is 6. The molecule has 1 atom stereocenters. The lowest BCUT2D eigenvalue weighted by Gasteiger charge is -2.14. The molecular weight excluding hydrogens is 318 g/mol. The molecule has 1 aromatic carbocycles. The summed E-state index contributed by atoms with van der Waals surface area (Å²) in [5.74, 6) is 1.39. The summed E-state index contributed by atoms with van der Waals surface area (Å²) < 4.78 is 6.55. The van der Waals surface area contributed by atoms with Crippen molar-refractivity contribution in [2.75, 3.05) is 11.1 Å². The van der Waals surface area contributed by atoms with Crippen LogP contribution in [0.2, 0.25) is 0 Å². The third-order valence-electron chi connectivity index (χ3n) is 2.78. The maximum absolute atomic E-state index is 12.1. The molecule has 0 aliphatic rings. The Morgan fingerprint density at radius 3 is 2.64 bits per heavy atom. The summed E-state index contributed by atoms with van der Waals surface area (Å²) in [7, 11) is 0. The minimum atomic E-state index is -0.604. The van der Waals surface area contributed by atoms with Gasteiger partial charge in [0.25, 0.3) is 5.91 Å². The standard InChI is InChI=1S/C15H19N3O2S2/c1-5-21-15-18-17-14(22-15)16-13(19)11(4)20-12-7-9(2)6-10(3)8-12/h6-8,11H,5H2,1-4H3,(H,16,17,19)/t11-/m0/s1. The number of benzene rings is 1. The van der Waals surface area contributed by atoms with Crippen LogP contribution in [0.5, 0.6) is 5.75 Å². The molecule has 0 aliphatic heterocycles. The van der Waals surface area contributed by atoms with Crippen molar-refractivity contribution in [1.82, 2.24) is 10.2 Å². The predicted molar refractivity (Wildman–Crippen MR) is 90.9 cm³/mol. The molecule has 2 aromatic rings. The molecule has 2 rings (SSSR count). The lowest BCUT2D eigenvalue weighted by Crippen LogP contribution is -2.30. The van der Waals surface area contributed by atoms with E-state index in [4.69, 9.17) is 4.74 Å². The van der Waals surface area contributed by atoms with E-state index in [0.29, 0.717) is 10.9 Å². The van der Waals surface area contributed by atoms with Gasteiger partial charge >= 0.3 is 0 Å². The van der Waals surface area contributed by atoms with Crippen molar-refractivity contribution in [2.24, 2.45) is 0 Å². The van der Waals surface area contributed by atoms with Gasteiger partial charge in [0.05, 0.1) is 0 Å². The van der Waals surface area contributed by atoms with Crippen LogP contribution in [0.4, 0.5) is 5.13 Å². The van der Waals surface area contributed by atoms with Gasteiger partial charge in [-0.3, -0.25) is 10.1 Å². The van der Waals surface area contributed by atoms with Gasteiger partial charge in [0.1, 0.15) is 5.75 Å². The van der Waals surface area contributed by atoms with Crippen molar-refractivity contribution in [1.29, 1.82) is 0 Å². The van der Waals surface area contributed by atoms with E-state index in [-0.39, 0.29) is 5.91 Å². The van der Waals surface area contributed by atoms with Crippen LogP contribution < -0.4 is 10.1 Å². The van der Waals surface area contributed by atoms with Crippen LogP contribution in [0.25, 0.3) is 0 Å². The van der Waals surface area contributed by atoms with Crippen molar-refractivity contribution in [3.8, 4) is 5.75 Å². The van der Waals surface area contributed by atoms with Gasteiger partial charge in [-0.05, 0) is 49.8 Å². The molecule has 0 saturated carbocycles. The Morgan fingerprint density at radius 1 is 1.32 bits per heavy atom. The summed E-state index contributed by atoms with van der Waals surface area (Å²) in [6.45, 7) is 7.76. The smallest absolute Gasteiger partial charge is 0.266 e. The first-order chi connectivity index (χ1) is 10.5. The first-order valence-electron chi connectivity index (χ1n) is 7.00. The molecule has 1 N–H and O–H groups in total. The first-order valence-corrected chi connectivity index (χ1v) is 8.80. The molecule has 0 unspecified atom stereocenters. The number of thioether (sulfide) groups is 1. The van der Waals surface area contributed by atoms with Gasteiger partial charge in [0.15, 0.2) is 10.4 Å². The van der Waals surface area contributed by atoms with Crippen molar-refractivity contribution < 1.29 is 9.53 Å². The van der Waals surface area contributed by atoms with E-state index in [0.717, 1.165) is 21.2 Å². The fourth-order valence-electron chi connectivity index (χ4n) is 1.91. The molecule has 0 aliphatic carbocycles. The van der Waals surface area contributed by atoms with Crippen molar-refractivity contribution in [2.45, 2.75) is 38.1 Å². The molecule has 1 heterocycles. The van der Waals surface area contributed by atoms with Crippen LogP contribution >= 0.6 is 23.1 Å². The van der Waals surface area contributed by atoms with Gasteiger partial charge < -0.3 is 4.74 Å². The van der Waals surface area contributed by atoms with Crippen molar-refractivity contribution >= 4 is 34.1 Å². The molecular formula is C15H19N3O2S2. The van der Waals surface area contributed by atoms with Crippen molar-refractivity contribution in [3.63, 3.8) is 0 Å². The number of anilines is 1. The molecule has 1 aromatic heterocycles. The highest BCUT2D eigenvalue weighted by Crippen LogP contribution is 2.25. The quantitative estimate of drug-likeness (QED) is 0.643. The van der Waals surface area contributed by atoms with E-state index < -0.39 is 6.10 Å². The molecule has 0 spiro atoms. The molecule has 1 amide bonds. The highest BCUT2D eigenvalue weighted by atomic mass is 32.2. The number of ether oxygens (including phenoxy) is 1. The average Bonchev–Trinajstić information content (AvgIpc) is 2.85. The van der Waals surface area contributed by atoms with Crippen LogP contribution in [-0.4, -0.2) is 28.0 Å². The van der Waals surface area contributed by atoms with Crippen LogP contribution in [-0.2, 0) is 4.79 Å². The Balaban J connectivity index is 1.96. The van der Waals surface area contributed by atoms with Crippen LogP contribution in [0.15, 0.2) is 22.5 Å². The third-order valence-corrected chi connectivity index (χ3v) is 4.64. The number of hydrogen-bond donors (Lipinski definition) is 1. The fourth-order valence-corrected chi connectivity index (χ4v) is 3.56. The zero-order valence-corrected chi connectivity index (χ0v) is 14.7. The van der Waals surface area contributed by atoms with Gasteiger partial charge in [0.2, 0.25) is 5.13 Å². The summed E-state index contributed by atoms with van der Waals surface area (Å²) in [6.07, 6.45) is -0.604. The number of rotatable bonds is 6. The Bertz CT molecular complexity index is 638. The first kappa shape index (κ1) is 16.8. The van der Waals surface area contributed by atoms with Crippen LogP contribution in [0, 0.1) is 13.8 Å². The Hall–Kier alpha value is -1.60. The highest BCUT2D eigenvalue weighted by Gasteiger charge is 2.17. The van der Waals surface area contributed by atoms with Gasteiger partial charge in [-0.25, -0.2) is 0 Å². The Morgan fingerprint density at radius 2 is 2.00 bits per heavy atom. The number of aromatic nitrogens is 2. The molecule has 118 valence electrons. The Labute approximate surface area is 138 Å². The number of amides is 1. The number of aryl methyl sites for hydroxylation is 2. The van der Waals surface area contributed by atoms with Gasteiger partial charge in [-0.2, -0.15) is 0 Å². The normalized spacial score (nSPS) is 12.0. The average molecular weight is 337 g/mol. The third kappa shape index (κ3) is 4.71. The van der Waals surface area contributed by atoms with Crippen LogP contribution in [0.3, 0.4) is 0 Å². The second kappa shape index (κ2) is 7.60. The predicted octanol–water partition coefficient (Wildman–Crippen LogP) is 3.67. The molecule has 0 bridgehead atoms. The van der Waals surface area contributed by atoms with E-state index in [2.05, 4.69) is 21.6 Å². The molecule has 7 heteroatoms. The zero-order valence-electron chi connectivity index (χ0n) is 13.0. The number of nitrogens with one attached hydrogen (secondary N) is 1. The molecule has 5 nitrogen and oxygen atoms in total. The maximum Gasteiger partial charge on any atom is 0.266 e. The van der Waals surface area contributed by atoms with E-state index in [9.17, 15) is 4.79 Å². The maximum atomic E-state index is 12.1. The fraction of sp³-hybridized carbons (Fsp3) is 0.400. The second-order valence-electron chi connectivity index (χ2n) is 4.88. The largest absolute Gasteiger partial charge is 0.481 e. The zero-order chi connectivity index (χ0) is 16.1. The summed E-state index contributed by atoms with van der Waals surface area (Å²) in [5, 5.41) is 11.2. The topological polar surface area (TPSA) is 64.1 Å². The highest BCUT2D eigenvalue weighted by molar-refractivity contribution is 8.01. The van der Waals surface area contributed by atoms with Crippen LogP contribution in [0.1, 0.15) is 25.0 Å². The second-order valence-corrected chi connectivity index (χ2v) is 7.37. The molecule has 0 radical (unpaired) electrons. The SMILES string of the molecule is CCSc1nnc(NC(=O)[C@H](C)Oc2cc(C)cc(C)c2)s1. The summed E-state index contributed by atoms with van der Waals surface area (Å²) in [6, 6.07) is 5.89. The summed E-state index contributed by atoms with van der Waals surface area (Å²) in [5.41, 5.74) is 2.21. The Kier molecular flexibility index (Phi) is 5.79. The van der Waals surface area contributed by atoms with Crippen molar-refractivity contribution in [3.05, 3.63) is 29.3 Å². The minimum absolute atomic E-state index is 0.233. The van der Waals surface area contributed by atoms with E-state index in [1.807, 2.05) is 32.9 Å². The number of carbonyl (C=O) groups excluding carboxylic acids is 1. The van der Waals surface area contributed by atoms with E-state index in [1.165, 1.54) is 11.3 Å². The molecule has 22 heavy (non-hydrogen) atoms. The van der Waals surface area contributed by atoms with E-state index >= 15 is 0 Å². The number of carbonyl (C=O) groups is 1. The molecule has 0 saturated heterocycles. The lowest BCUT2D eigenvalue weighted by molar-refractivity contribution is -0.122. The van der Waals surface area contributed by atoms with Gasteiger partial charge in [0, 0.05) is 0 Å².